The van der Waals surface area contributed by atoms with Crippen molar-refractivity contribution in [1.29, 1.82) is 0 Å². The maximum absolute atomic E-state index is 12.1. The lowest BCUT2D eigenvalue weighted by Crippen LogP contribution is -2.40. The Morgan fingerprint density at radius 3 is 2.79 bits per heavy atom. The van der Waals surface area contributed by atoms with Crippen LogP contribution in [0.3, 0.4) is 0 Å². The van der Waals surface area contributed by atoms with E-state index in [4.69, 9.17) is 16.3 Å². The van der Waals surface area contributed by atoms with E-state index >= 15 is 0 Å². The molecule has 0 fully saturated rings. The van der Waals surface area contributed by atoms with Gasteiger partial charge in [-0.05, 0) is 39.3 Å². The summed E-state index contributed by atoms with van der Waals surface area (Å²) in [4.78, 5) is 19.8. The molecule has 5 nitrogen and oxygen atoms in total. The van der Waals surface area contributed by atoms with E-state index < -0.39 is 0 Å². The molecule has 1 rings (SSSR count). The lowest BCUT2D eigenvalue weighted by Gasteiger charge is -2.20. The predicted octanol–water partition coefficient (Wildman–Crippen LogP) is 2.06. The summed E-state index contributed by atoms with van der Waals surface area (Å²) in [5.74, 6) is 5.22. The van der Waals surface area contributed by atoms with Gasteiger partial charge in [-0.3, -0.25) is 4.79 Å². The van der Waals surface area contributed by atoms with E-state index in [9.17, 15) is 4.79 Å². The fraction of sp³-hybridized carbons (Fsp3) is 0.462. The lowest BCUT2D eigenvalue weighted by atomic mass is 10.1. The molecule has 6 heteroatoms. The molecule has 0 saturated heterocycles. The third kappa shape index (κ3) is 5.14. The molecule has 0 unspecified atom stereocenters. The molecule has 1 aromatic rings. The van der Waals surface area contributed by atoms with E-state index in [0.29, 0.717) is 0 Å². The van der Waals surface area contributed by atoms with Crippen LogP contribution < -0.4 is 10.1 Å². The molecule has 0 bridgehead atoms. The van der Waals surface area contributed by atoms with Gasteiger partial charge < -0.3 is 10.1 Å². The van der Waals surface area contributed by atoms with Crippen LogP contribution in [0.5, 0.6) is 5.88 Å². The number of halogens is 1. The Morgan fingerprint density at radius 1 is 1.53 bits per heavy atom. The highest BCUT2D eigenvalue weighted by atomic mass is 35.5. The van der Waals surface area contributed by atoms with Gasteiger partial charge in [0, 0.05) is 11.7 Å². The van der Waals surface area contributed by atoms with Gasteiger partial charge in [0.25, 0.3) is 5.91 Å². The summed E-state index contributed by atoms with van der Waals surface area (Å²) in [6.07, 6.45) is 1.34. The number of nitrogens with zero attached hydrogens (tertiary/aromatic N) is 2. The van der Waals surface area contributed by atoms with Crippen molar-refractivity contribution in [2.45, 2.75) is 33.2 Å². The summed E-state index contributed by atoms with van der Waals surface area (Å²) in [6.45, 7) is 7.48. The van der Waals surface area contributed by atoms with Crippen LogP contribution in [0.25, 0.3) is 0 Å². The van der Waals surface area contributed by atoms with Crippen LogP contribution in [0, 0.1) is 11.8 Å². The second kappa shape index (κ2) is 6.39. The largest absolute Gasteiger partial charge is 0.464 e. The number of hydrogen-bond donors (Lipinski definition) is 1. The Balaban J connectivity index is 2.97. The van der Waals surface area contributed by atoms with Gasteiger partial charge in [-0.1, -0.05) is 5.92 Å². The monoisotopic (exact) mass is 281 g/mol. The first-order chi connectivity index (χ1) is 8.83. The molecule has 0 radical (unpaired) electrons. The Labute approximate surface area is 117 Å². The van der Waals surface area contributed by atoms with Crippen molar-refractivity contribution >= 4 is 17.5 Å². The van der Waals surface area contributed by atoms with Gasteiger partial charge in [-0.2, -0.15) is 4.98 Å². The average Bonchev–Trinajstić information content (AvgIpc) is 2.27. The zero-order valence-corrected chi connectivity index (χ0v) is 12.1. The van der Waals surface area contributed by atoms with E-state index in [-0.39, 0.29) is 34.8 Å². The van der Waals surface area contributed by atoms with E-state index in [2.05, 4.69) is 27.1 Å². The highest BCUT2D eigenvalue weighted by Crippen LogP contribution is 2.17. The summed E-state index contributed by atoms with van der Waals surface area (Å²) in [5, 5.41) is 2.83. The molecule has 0 saturated carbocycles. The van der Waals surface area contributed by atoms with Crippen molar-refractivity contribution in [2.24, 2.45) is 0 Å². The normalized spacial score (nSPS) is 10.4. The van der Waals surface area contributed by atoms with Crippen LogP contribution in [0.2, 0.25) is 5.28 Å². The first-order valence-corrected chi connectivity index (χ1v) is 6.09. The molecule has 102 valence electrons. The van der Waals surface area contributed by atoms with Crippen molar-refractivity contribution in [2.75, 3.05) is 6.61 Å². The molecule has 1 aromatic heterocycles. The van der Waals surface area contributed by atoms with Gasteiger partial charge in [0.15, 0.2) is 6.61 Å². The fourth-order valence-electron chi connectivity index (χ4n) is 1.20. The van der Waals surface area contributed by atoms with E-state index in [1.807, 2.05) is 20.8 Å². The lowest BCUT2D eigenvalue weighted by molar-refractivity contribution is 0.0914. The minimum Gasteiger partial charge on any atom is -0.464 e. The van der Waals surface area contributed by atoms with Crippen LogP contribution in [-0.4, -0.2) is 28.0 Å². The topological polar surface area (TPSA) is 64.1 Å². The van der Waals surface area contributed by atoms with Crippen LogP contribution >= 0.6 is 11.6 Å². The molecule has 1 heterocycles. The number of carbonyl (C=O) groups excluding carboxylic acids is 1. The Bertz CT molecular complexity index is 527. The fourth-order valence-corrected chi connectivity index (χ4v) is 1.32. The number of aromatic nitrogens is 2. The summed E-state index contributed by atoms with van der Waals surface area (Å²) < 4.78 is 5.32. The Morgan fingerprint density at radius 2 is 2.21 bits per heavy atom. The first-order valence-electron chi connectivity index (χ1n) is 5.71. The quantitative estimate of drug-likeness (QED) is 0.680. The van der Waals surface area contributed by atoms with Gasteiger partial charge in [-0.25, -0.2) is 4.98 Å². The van der Waals surface area contributed by atoms with Gasteiger partial charge in [-0.15, -0.1) is 5.92 Å². The van der Waals surface area contributed by atoms with E-state index in [1.54, 1.807) is 6.92 Å². The third-order valence-electron chi connectivity index (χ3n) is 1.92. The molecular weight excluding hydrogens is 266 g/mol. The highest BCUT2D eigenvalue weighted by molar-refractivity contribution is 6.28. The number of ether oxygens (including phenoxy) is 1. The van der Waals surface area contributed by atoms with Crippen molar-refractivity contribution in [3.05, 3.63) is 17.0 Å². The van der Waals surface area contributed by atoms with Crippen LogP contribution in [-0.2, 0) is 0 Å². The number of rotatable bonds is 3. The molecule has 19 heavy (non-hydrogen) atoms. The molecule has 0 aliphatic heterocycles. The zero-order chi connectivity index (χ0) is 14.5. The highest BCUT2D eigenvalue weighted by Gasteiger charge is 2.20. The second-order valence-electron chi connectivity index (χ2n) is 4.78. The van der Waals surface area contributed by atoms with Crippen LogP contribution in [0.15, 0.2) is 6.20 Å². The molecule has 0 aliphatic rings. The molecule has 1 N–H and O–H groups in total. The van der Waals surface area contributed by atoms with E-state index in [1.165, 1.54) is 6.20 Å². The van der Waals surface area contributed by atoms with Crippen molar-refractivity contribution < 1.29 is 9.53 Å². The number of hydrogen-bond acceptors (Lipinski definition) is 4. The van der Waals surface area contributed by atoms with Crippen molar-refractivity contribution in [3.63, 3.8) is 0 Å². The zero-order valence-electron chi connectivity index (χ0n) is 11.4. The van der Waals surface area contributed by atoms with Crippen LogP contribution in [0.1, 0.15) is 38.1 Å². The Kier molecular flexibility index (Phi) is 5.13. The third-order valence-corrected chi connectivity index (χ3v) is 2.10. The van der Waals surface area contributed by atoms with E-state index in [0.717, 1.165) is 0 Å². The second-order valence-corrected chi connectivity index (χ2v) is 5.12. The van der Waals surface area contributed by atoms with Gasteiger partial charge in [0.05, 0.1) is 0 Å². The Hall–Kier alpha value is -1.80. The SMILES string of the molecule is CC#CCOc1nc(Cl)ncc1C(=O)NC(C)(C)C. The summed E-state index contributed by atoms with van der Waals surface area (Å²) in [6, 6.07) is 0. The summed E-state index contributed by atoms with van der Waals surface area (Å²) in [5.41, 5.74) is -0.130. The number of amides is 1. The van der Waals surface area contributed by atoms with Crippen molar-refractivity contribution in [3.8, 4) is 17.7 Å². The summed E-state index contributed by atoms with van der Waals surface area (Å²) in [7, 11) is 0. The molecule has 0 spiro atoms. The molecule has 0 atom stereocenters. The van der Waals surface area contributed by atoms with Crippen molar-refractivity contribution in [1.82, 2.24) is 15.3 Å². The minimum absolute atomic E-state index is 0.0202. The van der Waals surface area contributed by atoms with Gasteiger partial charge in [0.1, 0.15) is 5.56 Å². The first kappa shape index (κ1) is 15.3. The smallest absolute Gasteiger partial charge is 0.258 e. The maximum Gasteiger partial charge on any atom is 0.258 e. The predicted molar refractivity (Wildman–Crippen MR) is 73.2 cm³/mol. The maximum atomic E-state index is 12.1. The average molecular weight is 282 g/mol. The molecule has 0 aliphatic carbocycles. The minimum atomic E-state index is -0.364. The molecule has 0 aromatic carbocycles. The number of nitrogens with one attached hydrogen (secondary N) is 1. The van der Waals surface area contributed by atoms with Gasteiger partial charge >= 0.3 is 0 Å². The molecule has 1 amide bonds. The van der Waals surface area contributed by atoms with Crippen LogP contribution in [0.4, 0.5) is 0 Å². The number of carbonyl (C=O) groups is 1. The summed E-state index contributed by atoms with van der Waals surface area (Å²) >= 11 is 5.70. The molecular formula is C13H16ClN3O2. The van der Waals surface area contributed by atoms with Gasteiger partial charge in [0.2, 0.25) is 11.2 Å². The standard InChI is InChI=1S/C13H16ClN3O2/c1-5-6-7-19-11-9(8-15-12(14)16-11)10(18)17-13(2,3)4/h8H,7H2,1-4H3,(H,17,18).